The largest absolute Gasteiger partial charge is 0.506 e. The Bertz CT molecular complexity index is 3130. The number of benzene rings is 4. The Labute approximate surface area is 523 Å². The number of quaternary nitrogens is 1. The van der Waals surface area contributed by atoms with Gasteiger partial charge in [0.15, 0.2) is 0 Å². The van der Waals surface area contributed by atoms with Gasteiger partial charge in [-0.1, -0.05) is 81.3 Å². The van der Waals surface area contributed by atoms with Gasteiger partial charge in [-0.25, -0.2) is 0 Å². The van der Waals surface area contributed by atoms with Crippen molar-refractivity contribution in [1.29, 1.82) is 0 Å². The average molecular weight is 1250 g/mol. The van der Waals surface area contributed by atoms with Gasteiger partial charge in [-0.2, -0.15) is 0 Å². The maximum Gasteiger partial charge on any atom is 0.251 e. The molecule has 3 aliphatic heterocycles. The van der Waals surface area contributed by atoms with Crippen LogP contribution < -0.4 is 42.0 Å². The third kappa shape index (κ3) is 17.4. The van der Waals surface area contributed by atoms with E-state index >= 15 is 0 Å². The van der Waals surface area contributed by atoms with Crippen molar-refractivity contribution in [3.05, 3.63) is 102 Å². The SMILES string of the molecule is CCCCCOc1ccc(-c2ccc(-c3ccc(C(=O)N[C@H]4C[C@@H](O)[C@@H](NCC[N+](C)(C)C)NC(=O)[C@@H]5[C@@H](O)[C@@H](C)CN5C(=O)[C@H]([C@@H](C)O)NC(=O)[C@H]([C@H](O)[C@@H](O)c5ccc(O)c(NC)c5)NC(=O)[C@@H]5C[C@@H](O)CN5C(=O)[C@H]([C@@H](C)O)NC4=O)cc3)cc2)cc1. The number of hydrogen-bond donors (Lipinski definition) is 15. The number of unbranched alkanes of at least 4 members (excludes halogenated alkanes) is 2. The van der Waals surface area contributed by atoms with Gasteiger partial charge in [0.25, 0.3) is 5.91 Å². The van der Waals surface area contributed by atoms with Crippen LogP contribution in [0.3, 0.4) is 0 Å². The Morgan fingerprint density at radius 1 is 0.689 bits per heavy atom. The summed E-state index contributed by atoms with van der Waals surface area (Å²) in [6, 6.07) is 14.3. The molecule has 0 saturated carbocycles. The molecule has 4 aromatic rings. The first-order chi connectivity index (χ1) is 42.6. The van der Waals surface area contributed by atoms with E-state index in [0.717, 1.165) is 70.9 Å². The van der Waals surface area contributed by atoms with Gasteiger partial charge >= 0.3 is 0 Å². The number of nitrogens with one attached hydrogen (secondary N) is 7. The van der Waals surface area contributed by atoms with Gasteiger partial charge in [0, 0.05) is 51.0 Å². The van der Waals surface area contributed by atoms with Gasteiger partial charge in [-0.15, -0.1) is 0 Å². The number of aliphatic hydroxyl groups excluding tert-OH is 7. The molecule has 3 saturated heterocycles. The standard InChI is InChI=1S/C64H88N10O16/c1-9-10-11-28-90-44-23-20-40(21-24-44)38-14-12-37(13-15-38)39-16-18-41(19-17-39)58(83)67-46-31-49(79)57(66-26-27-74(6,7)8)71-62(87)53-54(80)34(2)32-73(53)64(89)51(36(4)76)69-61(86)52(56(82)55(81)42-22-25-48(78)45(29-42)65-5)70-60(85)47-30-43(77)33-72(47)63(88)50(35(3)75)68-59(46)84/h12-25,29,34-36,43,46-47,49-57,65-66,75-77,79-82H,9-11,26-28,30-33H2,1-8H3,(H5-,67,68,69,70,71,78,83,84,85,86,87)/p+1/t34-,35+,36+,43+,46-,47-,49+,50-,51-,52-,53-,54-,55-,56-,57-/m0/s1. The number of phenols is 1. The topological polar surface area (TPSA) is 381 Å². The van der Waals surface area contributed by atoms with E-state index in [-0.39, 0.29) is 35.7 Å². The molecule has 0 radical (unpaired) electrons. The maximum atomic E-state index is 14.9. The van der Waals surface area contributed by atoms with Crippen LogP contribution in [0.25, 0.3) is 22.3 Å². The first-order valence-corrected chi connectivity index (χ1v) is 30.5. The van der Waals surface area contributed by atoms with Crippen molar-refractivity contribution >= 4 is 47.0 Å². The molecule has 15 N–H and O–H groups in total. The number of hydrogen-bond acceptors (Lipinski definition) is 18. The molecule has 7 rings (SSSR count). The van der Waals surface area contributed by atoms with E-state index in [0.29, 0.717) is 17.6 Å². The number of aliphatic hydroxyl groups is 7. The fourth-order valence-corrected chi connectivity index (χ4v) is 11.2. The molecule has 3 aliphatic rings. The number of ether oxygens (including phenoxy) is 1. The number of nitrogens with zero attached hydrogens (tertiary/aromatic N) is 3. The first kappa shape index (κ1) is 69.7. The van der Waals surface area contributed by atoms with Crippen LogP contribution >= 0.6 is 0 Å². The number of amides is 7. The lowest BCUT2D eigenvalue weighted by atomic mass is 9.96. The highest BCUT2D eigenvalue weighted by molar-refractivity contribution is 6.00. The summed E-state index contributed by atoms with van der Waals surface area (Å²) in [5.74, 6) is -8.13. The lowest BCUT2D eigenvalue weighted by Gasteiger charge is -2.34. The van der Waals surface area contributed by atoms with E-state index in [2.05, 4.69) is 44.1 Å². The van der Waals surface area contributed by atoms with Crippen LogP contribution in [0, 0.1) is 5.92 Å². The van der Waals surface area contributed by atoms with E-state index in [9.17, 15) is 74.4 Å². The molecular weight excluding hydrogens is 1160 g/mol. The number of rotatable bonds is 19. The molecule has 26 nitrogen and oxygen atoms in total. The predicted molar refractivity (Wildman–Crippen MR) is 332 cm³/mol. The average Bonchev–Trinajstić information content (AvgIpc) is 1.70. The Kier molecular flexibility index (Phi) is 23.9. The summed E-state index contributed by atoms with van der Waals surface area (Å²) >= 11 is 0. The van der Waals surface area contributed by atoms with Gasteiger partial charge < -0.3 is 91.8 Å². The number of phenolic OH excluding ortho intramolecular Hbond substituents is 1. The van der Waals surface area contributed by atoms with Crippen molar-refractivity contribution in [3.8, 4) is 33.8 Å². The molecule has 0 aliphatic carbocycles. The molecule has 0 bridgehead atoms. The van der Waals surface area contributed by atoms with Crippen LogP contribution in [0.5, 0.6) is 11.5 Å². The third-order valence-electron chi connectivity index (χ3n) is 16.6. The second kappa shape index (κ2) is 30.8. The lowest BCUT2D eigenvalue weighted by Crippen LogP contribution is -2.64. The Hall–Kier alpha value is -7.79. The van der Waals surface area contributed by atoms with Crippen LogP contribution in [0.2, 0.25) is 0 Å². The Morgan fingerprint density at radius 3 is 1.81 bits per heavy atom. The summed E-state index contributed by atoms with van der Waals surface area (Å²) in [5, 5.41) is 110. The van der Waals surface area contributed by atoms with Crippen LogP contribution in [0.4, 0.5) is 5.69 Å². The van der Waals surface area contributed by atoms with Crippen molar-refractivity contribution in [2.75, 3.05) is 66.3 Å². The molecule has 3 heterocycles. The summed E-state index contributed by atoms with van der Waals surface area (Å²) in [5.41, 5.74) is 3.58. The molecule has 0 unspecified atom stereocenters. The summed E-state index contributed by atoms with van der Waals surface area (Å²) in [6.45, 7) is 6.21. The zero-order valence-electron chi connectivity index (χ0n) is 52.1. The second-order valence-corrected chi connectivity index (χ2v) is 24.7. The molecule has 4 aromatic carbocycles. The number of anilines is 1. The molecule has 3 fully saturated rings. The minimum absolute atomic E-state index is 0.0605. The molecule has 490 valence electrons. The van der Waals surface area contributed by atoms with Crippen molar-refractivity contribution in [2.45, 2.75) is 145 Å². The van der Waals surface area contributed by atoms with Crippen molar-refractivity contribution in [3.63, 3.8) is 0 Å². The molecule has 26 heteroatoms. The number of carbonyl (C=O) groups is 7. The summed E-state index contributed by atoms with van der Waals surface area (Å²) in [6.07, 6.45) is -12.2. The van der Waals surface area contributed by atoms with E-state index in [1.807, 2.05) is 69.7 Å². The van der Waals surface area contributed by atoms with Crippen molar-refractivity contribution in [2.24, 2.45) is 5.92 Å². The predicted octanol–water partition coefficient (Wildman–Crippen LogP) is -0.582. The van der Waals surface area contributed by atoms with Crippen molar-refractivity contribution in [1.82, 2.24) is 41.7 Å². The molecule has 0 spiro atoms. The minimum atomic E-state index is -2.31. The molecule has 0 aromatic heterocycles. The second-order valence-electron chi connectivity index (χ2n) is 24.7. The van der Waals surface area contributed by atoms with E-state index in [1.165, 1.54) is 44.3 Å². The fourth-order valence-electron chi connectivity index (χ4n) is 11.2. The highest BCUT2D eigenvalue weighted by atomic mass is 16.5. The third-order valence-corrected chi connectivity index (χ3v) is 16.6. The summed E-state index contributed by atoms with van der Waals surface area (Å²) < 4.78 is 6.26. The normalized spacial score (nSPS) is 26.3. The van der Waals surface area contributed by atoms with Crippen LogP contribution in [-0.4, -0.2) is 237 Å². The zero-order chi connectivity index (χ0) is 65.9. The highest BCUT2D eigenvalue weighted by Crippen LogP contribution is 2.32. The maximum absolute atomic E-state index is 14.9. The van der Waals surface area contributed by atoms with Gasteiger partial charge in [0.2, 0.25) is 35.4 Å². The van der Waals surface area contributed by atoms with Crippen LogP contribution in [0.1, 0.15) is 81.8 Å². The molecule has 7 amide bonds. The monoisotopic (exact) mass is 1250 g/mol. The summed E-state index contributed by atoms with van der Waals surface area (Å²) in [7, 11) is 7.10. The number of likely N-dealkylation sites (N-methyl/N-ethyl adjacent to an activating group) is 1. The number of aromatic hydroxyl groups is 1. The lowest BCUT2D eigenvalue weighted by molar-refractivity contribution is -0.869. The smallest absolute Gasteiger partial charge is 0.251 e. The van der Waals surface area contributed by atoms with Crippen LogP contribution in [-0.2, 0) is 28.8 Å². The van der Waals surface area contributed by atoms with E-state index < -0.39 is 152 Å². The molecular formula is C64H89N10O16+. The van der Waals surface area contributed by atoms with Gasteiger partial charge in [0.1, 0.15) is 66.1 Å². The fraction of sp³-hybridized carbons (Fsp3) is 0.516. The molecule has 90 heavy (non-hydrogen) atoms. The van der Waals surface area contributed by atoms with Gasteiger partial charge in [-0.3, -0.25) is 38.9 Å². The summed E-state index contributed by atoms with van der Waals surface area (Å²) in [4.78, 5) is 105. The highest BCUT2D eigenvalue weighted by Gasteiger charge is 2.50. The van der Waals surface area contributed by atoms with Crippen LogP contribution in [0.15, 0.2) is 91.0 Å². The van der Waals surface area contributed by atoms with Gasteiger partial charge in [0.05, 0.1) is 70.5 Å². The van der Waals surface area contributed by atoms with E-state index in [4.69, 9.17) is 4.74 Å². The van der Waals surface area contributed by atoms with Gasteiger partial charge in [-0.05, 0) is 84.5 Å². The Balaban J connectivity index is 1.24. The zero-order valence-corrected chi connectivity index (χ0v) is 52.1. The number of fused-ring (bicyclic) bond motifs is 2. The van der Waals surface area contributed by atoms with E-state index in [1.54, 1.807) is 12.1 Å². The van der Waals surface area contributed by atoms with Crippen molar-refractivity contribution < 1.29 is 83.6 Å². The minimum Gasteiger partial charge on any atom is -0.506 e. The molecule has 15 atom stereocenters. The quantitative estimate of drug-likeness (QED) is 0.0317. The first-order valence-electron chi connectivity index (χ1n) is 30.5. The number of carbonyl (C=O) groups excluding carboxylic acids is 7. The Morgan fingerprint density at radius 2 is 1.24 bits per heavy atom.